The van der Waals surface area contributed by atoms with Gasteiger partial charge in [0, 0.05) is 0 Å². The second kappa shape index (κ2) is 7.25. The molecular formula is C18H26O3Si. The van der Waals surface area contributed by atoms with Gasteiger partial charge in [0.15, 0.2) is 0 Å². The predicted octanol–water partition coefficient (Wildman–Crippen LogP) is 3.99. The van der Waals surface area contributed by atoms with Gasteiger partial charge in [-0.05, 0) is 43.7 Å². The summed E-state index contributed by atoms with van der Waals surface area (Å²) in [5, 5.41) is 1.25. The summed E-state index contributed by atoms with van der Waals surface area (Å²) in [6.07, 6.45) is 4.25. The second-order valence-electron chi connectivity index (χ2n) is 6.85. The van der Waals surface area contributed by atoms with Gasteiger partial charge in [-0.3, -0.25) is 4.89 Å². The molecule has 0 unspecified atom stereocenters. The van der Waals surface area contributed by atoms with E-state index in [1.807, 2.05) is 30.0 Å². The van der Waals surface area contributed by atoms with Crippen molar-refractivity contribution in [1.29, 1.82) is 0 Å². The molecule has 1 fully saturated rings. The highest BCUT2D eigenvalue weighted by Crippen LogP contribution is 2.25. The molecule has 1 aromatic carbocycles. The molecule has 22 heavy (non-hydrogen) atoms. The van der Waals surface area contributed by atoms with Crippen molar-refractivity contribution >= 4 is 19.2 Å². The van der Waals surface area contributed by atoms with Crippen LogP contribution in [0, 0.1) is 5.92 Å². The predicted molar refractivity (Wildman–Crippen MR) is 91.7 cm³/mol. The molecule has 0 amide bonds. The third-order valence-corrected chi connectivity index (χ3v) is 7.44. The first-order chi connectivity index (χ1) is 10.4. The van der Waals surface area contributed by atoms with E-state index in [2.05, 4.69) is 26.6 Å². The molecule has 0 atom stereocenters. The second-order valence-corrected chi connectivity index (χ2v) is 11.3. The third kappa shape index (κ3) is 4.30. The maximum atomic E-state index is 12.0. The minimum absolute atomic E-state index is 0.0477. The van der Waals surface area contributed by atoms with E-state index in [4.69, 9.17) is 9.78 Å². The molecule has 0 heterocycles. The molecule has 120 valence electrons. The Morgan fingerprint density at radius 2 is 1.77 bits per heavy atom. The Hall–Kier alpha value is -1.39. The van der Waals surface area contributed by atoms with Gasteiger partial charge < -0.3 is 0 Å². The molecule has 0 aromatic heterocycles. The fourth-order valence-electron chi connectivity index (χ4n) is 2.64. The number of carbonyl (C=O) groups excluding carboxylic acids is 1. The van der Waals surface area contributed by atoms with E-state index >= 15 is 0 Å². The van der Waals surface area contributed by atoms with Gasteiger partial charge in [-0.15, -0.1) is 6.58 Å². The zero-order valence-electron chi connectivity index (χ0n) is 13.8. The summed E-state index contributed by atoms with van der Waals surface area (Å²) in [5.41, 5.74) is 2.56. The average molecular weight is 318 g/mol. The largest absolute Gasteiger partial charge is 0.373 e. The van der Waals surface area contributed by atoms with E-state index in [1.165, 1.54) is 5.19 Å². The van der Waals surface area contributed by atoms with E-state index in [1.54, 1.807) is 0 Å². The Balaban J connectivity index is 1.89. The molecule has 3 nitrogen and oxygen atoms in total. The maximum absolute atomic E-state index is 12.0. The third-order valence-electron chi connectivity index (χ3n) is 4.60. The highest BCUT2D eigenvalue weighted by atomic mass is 28.3. The molecule has 1 aromatic rings. The van der Waals surface area contributed by atoms with Crippen LogP contribution < -0.4 is 5.19 Å². The number of carbonyl (C=O) groups is 1. The summed E-state index contributed by atoms with van der Waals surface area (Å²) in [7, 11) is -1.58. The van der Waals surface area contributed by atoms with Crippen LogP contribution in [0.1, 0.15) is 43.0 Å². The van der Waals surface area contributed by atoms with Gasteiger partial charge in [0.25, 0.3) is 0 Å². The molecule has 2 rings (SSSR count). The highest BCUT2D eigenvalue weighted by Gasteiger charge is 2.22. The van der Waals surface area contributed by atoms with Crippen LogP contribution in [-0.4, -0.2) is 20.1 Å². The summed E-state index contributed by atoms with van der Waals surface area (Å²) < 4.78 is 0. The Morgan fingerprint density at radius 3 is 2.32 bits per heavy atom. The topological polar surface area (TPSA) is 35.5 Å². The van der Waals surface area contributed by atoms with Crippen LogP contribution in [0.4, 0.5) is 0 Å². The summed E-state index contributed by atoms with van der Waals surface area (Å²) in [5.74, 6) is 0.337. The van der Waals surface area contributed by atoms with Gasteiger partial charge in [0.1, 0.15) is 14.2 Å². The highest BCUT2D eigenvalue weighted by molar-refractivity contribution is 6.93. The molecule has 1 aliphatic rings. The van der Waals surface area contributed by atoms with E-state index < -0.39 is 14.0 Å². The first kappa shape index (κ1) is 17.0. The smallest absolute Gasteiger partial charge is 0.293 e. The summed E-state index contributed by atoms with van der Waals surface area (Å²) in [6, 6.07) is 7.60. The summed E-state index contributed by atoms with van der Waals surface area (Å²) >= 11 is 0. The monoisotopic (exact) mass is 318 g/mol. The van der Waals surface area contributed by atoms with Crippen molar-refractivity contribution in [3.8, 4) is 0 Å². The lowest BCUT2D eigenvalue weighted by Crippen LogP contribution is -2.39. The summed E-state index contributed by atoms with van der Waals surface area (Å²) in [4.78, 5) is 22.3. The van der Waals surface area contributed by atoms with E-state index in [0.717, 1.165) is 31.6 Å². The minimum Gasteiger partial charge on any atom is -0.293 e. The Labute approximate surface area is 134 Å². The average Bonchev–Trinajstić information content (AvgIpc) is 2.54. The van der Waals surface area contributed by atoms with Crippen LogP contribution in [0.15, 0.2) is 36.5 Å². The number of rotatable bonds is 5. The van der Waals surface area contributed by atoms with Crippen LogP contribution in [0.5, 0.6) is 0 Å². The molecule has 0 saturated heterocycles. The quantitative estimate of drug-likeness (QED) is 0.468. The van der Waals surface area contributed by atoms with Gasteiger partial charge in [-0.1, -0.05) is 43.0 Å². The molecular weight excluding hydrogens is 292 g/mol. The molecule has 1 aliphatic carbocycles. The molecule has 0 bridgehead atoms. The van der Waals surface area contributed by atoms with E-state index in [0.29, 0.717) is 5.56 Å². The zero-order chi connectivity index (χ0) is 16.2. The Morgan fingerprint density at radius 1 is 1.18 bits per heavy atom. The molecule has 0 radical (unpaired) electrons. The zero-order valence-corrected chi connectivity index (χ0v) is 14.8. The first-order valence-electron chi connectivity index (χ1n) is 8.04. The molecule has 0 N–H and O–H groups in total. The van der Waals surface area contributed by atoms with Crippen molar-refractivity contribution < 1.29 is 14.6 Å². The lowest BCUT2D eigenvalue weighted by molar-refractivity contribution is -0.280. The normalized spacial score (nSPS) is 22.1. The van der Waals surface area contributed by atoms with Gasteiger partial charge in [-0.25, -0.2) is 4.79 Å². The molecule has 1 saturated carbocycles. The fourth-order valence-corrected chi connectivity index (χ4v) is 3.90. The standard InChI is InChI=1S/C18H26O3Si/c1-5-22(3,4)17-12-8-15(9-13-17)18(19)21-20-16-10-6-14(2)7-11-16/h5,8-9,12-14,16H,1,6-7,10-11H2,2-4H3. The number of benzene rings is 1. The van der Waals surface area contributed by atoms with Gasteiger partial charge in [0.05, 0.1) is 5.56 Å². The van der Waals surface area contributed by atoms with Crippen LogP contribution in [0.25, 0.3) is 0 Å². The molecule has 0 aliphatic heterocycles. The number of hydrogen-bond donors (Lipinski definition) is 0. The van der Waals surface area contributed by atoms with E-state index in [-0.39, 0.29) is 6.10 Å². The van der Waals surface area contributed by atoms with Crippen molar-refractivity contribution in [2.75, 3.05) is 0 Å². The Kier molecular flexibility index (Phi) is 5.59. The van der Waals surface area contributed by atoms with Crippen LogP contribution in [0.3, 0.4) is 0 Å². The summed E-state index contributed by atoms with van der Waals surface area (Å²) in [6.45, 7) is 10.6. The Bertz CT molecular complexity index is 514. The SMILES string of the molecule is C=C[Si](C)(C)c1ccc(C(=O)OOC2CCC(C)CC2)cc1. The van der Waals surface area contributed by atoms with Crippen LogP contribution in [-0.2, 0) is 9.78 Å². The van der Waals surface area contributed by atoms with E-state index in [9.17, 15) is 4.79 Å². The van der Waals surface area contributed by atoms with Crippen LogP contribution in [0.2, 0.25) is 13.1 Å². The van der Waals surface area contributed by atoms with Crippen molar-refractivity contribution in [1.82, 2.24) is 0 Å². The van der Waals surface area contributed by atoms with Crippen LogP contribution >= 0.6 is 0 Å². The minimum atomic E-state index is -1.58. The maximum Gasteiger partial charge on any atom is 0.373 e. The number of hydrogen-bond acceptors (Lipinski definition) is 3. The fraction of sp³-hybridized carbons (Fsp3) is 0.500. The van der Waals surface area contributed by atoms with Crippen molar-refractivity contribution in [2.24, 2.45) is 5.92 Å². The lowest BCUT2D eigenvalue weighted by Gasteiger charge is -2.24. The van der Waals surface area contributed by atoms with Crippen molar-refractivity contribution in [3.63, 3.8) is 0 Å². The van der Waals surface area contributed by atoms with Crippen molar-refractivity contribution in [2.45, 2.75) is 51.8 Å². The molecule has 0 spiro atoms. The van der Waals surface area contributed by atoms with Gasteiger partial charge >= 0.3 is 5.97 Å². The van der Waals surface area contributed by atoms with Gasteiger partial charge in [0.2, 0.25) is 0 Å². The van der Waals surface area contributed by atoms with Gasteiger partial charge in [-0.2, -0.15) is 4.89 Å². The molecule has 4 heteroatoms. The van der Waals surface area contributed by atoms with Crippen molar-refractivity contribution in [3.05, 3.63) is 42.1 Å². The first-order valence-corrected chi connectivity index (χ1v) is 11.1. The lowest BCUT2D eigenvalue weighted by atomic mass is 9.89.